The van der Waals surface area contributed by atoms with Gasteiger partial charge in [-0.05, 0) is 48.0 Å². The van der Waals surface area contributed by atoms with Crippen molar-refractivity contribution in [1.82, 2.24) is 4.90 Å². The van der Waals surface area contributed by atoms with Crippen molar-refractivity contribution in [3.8, 4) is 5.75 Å². The molecular formula is C20H16BrCl2NO4. The first-order valence-corrected chi connectivity index (χ1v) is 10.0. The van der Waals surface area contributed by atoms with Crippen LogP contribution >= 0.6 is 39.1 Å². The molecule has 3 rings (SSSR count). The van der Waals surface area contributed by atoms with Crippen molar-refractivity contribution < 1.29 is 19.1 Å². The van der Waals surface area contributed by atoms with Crippen LogP contribution in [0.3, 0.4) is 0 Å². The summed E-state index contributed by atoms with van der Waals surface area (Å²) in [4.78, 5) is 26.6. The fraction of sp³-hybridized carbons (Fsp3) is 0.200. The van der Waals surface area contributed by atoms with Crippen molar-refractivity contribution in [2.45, 2.75) is 0 Å². The molecule has 0 N–H and O–H groups in total. The third-order valence-corrected chi connectivity index (χ3v) is 5.11. The molecule has 146 valence electrons. The number of carbonyl (C=O) groups is 2. The van der Waals surface area contributed by atoms with E-state index >= 15 is 0 Å². The summed E-state index contributed by atoms with van der Waals surface area (Å²) in [7, 11) is 0. The van der Waals surface area contributed by atoms with Gasteiger partial charge in [0.05, 0.1) is 18.8 Å². The number of ether oxygens (including phenoxy) is 2. The number of rotatable bonds is 4. The number of ketones is 1. The molecule has 1 saturated heterocycles. The van der Waals surface area contributed by atoms with Crippen LogP contribution in [0.4, 0.5) is 4.79 Å². The molecule has 1 amide bonds. The first-order chi connectivity index (χ1) is 13.4. The predicted octanol–water partition coefficient (Wildman–Crippen LogP) is 5.48. The average Bonchev–Trinajstić information content (AvgIpc) is 2.69. The largest absolute Gasteiger partial charge is 0.415 e. The van der Waals surface area contributed by atoms with Crippen molar-refractivity contribution >= 4 is 57.1 Å². The number of carbonyl (C=O) groups excluding carboxylic acids is 2. The molecule has 0 radical (unpaired) electrons. The quantitative estimate of drug-likeness (QED) is 0.425. The molecule has 0 aliphatic carbocycles. The summed E-state index contributed by atoms with van der Waals surface area (Å²) >= 11 is 15.4. The zero-order valence-electron chi connectivity index (χ0n) is 14.7. The molecule has 0 spiro atoms. The second-order valence-electron chi connectivity index (χ2n) is 5.97. The lowest BCUT2D eigenvalue weighted by Crippen LogP contribution is -2.42. The first kappa shape index (κ1) is 20.9. The summed E-state index contributed by atoms with van der Waals surface area (Å²) in [6.07, 6.45) is 2.46. The number of morpholine rings is 1. The number of halogens is 3. The van der Waals surface area contributed by atoms with E-state index in [1.165, 1.54) is 6.08 Å². The van der Waals surface area contributed by atoms with Crippen LogP contribution in [0, 0.1) is 0 Å². The topological polar surface area (TPSA) is 55.8 Å². The Morgan fingerprint density at radius 2 is 1.86 bits per heavy atom. The minimum absolute atomic E-state index is 0.191. The molecule has 0 aromatic heterocycles. The van der Waals surface area contributed by atoms with E-state index in [4.69, 9.17) is 32.7 Å². The number of hydrogen-bond donors (Lipinski definition) is 0. The first-order valence-electron chi connectivity index (χ1n) is 8.45. The van der Waals surface area contributed by atoms with Crippen LogP contribution in [0.25, 0.3) is 6.08 Å². The molecule has 0 unspecified atom stereocenters. The average molecular weight is 485 g/mol. The van der Waals surface area contributed by atoms with Crippen molar-refractivity contribution in [1.29, 1.82) is 0 Å². The number of hydrogen-bond acceptors (Lipinski definition) is 4. The van der Waals surface area contributed by atoms with E-state index in [2.05, 4.69) is 15.9 Å². The summed E-state index contributed by atoms with van der Waals surface area (Å²) in [6, 6.07) is 9.90. The maximum absolute atomic E-state index is 12.7. The number of nitrogens with zero attached hydrogens (tertiary/aromatic N) is 1. The summed E-state index contributed by atoms with van der Waals surface area (Å²) in [5.74, 6) is -0.131. The predicted molar refractivity (Wildman–Crippen MR) is 112 cm³/mol. The third-order valence-electron chi connectivity index (χ3n) is 4.05. The van der Waals surface area contributed by atoms with Gasteiger partial charge < -0.3 is 14.4 Å². The number of amides is 1. The third kappa shape index (κ3) is 5.35. The fourth-order valence-corrected chi connectivity index (χ4v) is 3.41. The van der Waals surface area contributed by atoms with E-state index in [1.54, 1.807) is 47.4 Å². The van der Waals surface area contributed by atoms with Crippen LogP contribution < -0.4 is 4.74 Å². The Morgan fingerprint density at radius 3 is 2.57 bits per heavy atom. The Kier molecular flexibility index (Phi) is 7.13. The molecule has 5 nitrogen and oxygen atoms in total. The van der Waals surface area contributed by atoms with Gasteiger partial charge in [0.2, 0.25) is 0 Å². The summed E-state index contributed by atoms with van der Waals surface area (Å²) in [5, 5.41) is 0.947. The monoisotopic (exact) mass is 483 g/mol. The lowest BCUT2D eigenvalue weighted by atomic mass is 10.1. The van der Waals surface area contributed by atoms with Gasteiger partial charge in [-0.25, -0.2) is 4.79 Å². The van der Waals surface area contributed by atoms with E-state index in [0.717, 1.165) is 0 Å². The molecule has 0 bridgehead atoms. The Balaban J connectivity index is 1.80. The summed E-state index contributed by atoms with van der Waals surface area (Å²) < 4.78 is 11.4. The highest BCUT2D eigenvalue weighted by Gasteiger charge is 2.21. The second-order valence-corrected chi connectivity index (χ2v) is 7.73. The highest BCUT2D eigenvalue weighted by atomic mass is 79.9. The van der Waals surface area contributed by atoms with Crippen LogP contribution in [-0.2, 0) is 4.74 Å². The van der Waals surface area contributed by atoms with Gasteiger partial charge in [-0.3, -0.25) is 4.79 Å². The normalized spacial score (nSPS) is 14.3. The van der Waals surface area contributed by atoms with E-state index in [1.807, 2.05) is 0 Å². The van der Waals surface area contributed by atoms with Crippen LogP contribution in [0.1, 0.15) is 15.9 Å². The minimum Gasteiger partial charge on any atom is -0.409 e. The van der Waals surface area contributed by atoms with E-state index in [0.29, 0.717) is 46.4 Å². The van der Waals surface area contributed by atoms with Crippen molar-refractivity contribution in [2.24, 2.45) is 0 Å². The van der Waals surface area contributed by atoms with Crippen molar-refractivity contribution in [3.63, 3.8) is 0 Å². The van der Waals surface area contributed by atoms with Crippen molar-refractivity contribution in [3.05, 3.63) is 68.1 Å². The van der Waals surface area contributed by atoms with Crippen LogP contribution in [0.2, 0.25) is 10.0 Å². The Bertz CT molecular complexity index is 926. The SMILES string of the molecule is O=C(C=Cc1ccc(Cl)cc1Cl)c1cc(Br)ccc1OC(=O)N1CCOCC1. The minimum atomic E-state index is -0.510. The van der Waals surface area contributed by atoms with E-state index in [9.17, 15) is 9.59 Å². The lowest BCUT2D eigenvalue weighted by Gasteiger charge is -2.26. The van der Waals surface area contributed by atoms with Crippen LogP contribution in [0.5, 0.6) is 5.75 Å². The molecule has 2 aromatic rings. The Hall–Kier alpha value is -1.86. The molecule has 1 fully saturated rings. The van der Waals surface area contributed by atoms with Gasteiger partial charge in [-0.1, -0.05) is 45.2 Å². The summed E-state index contributed by atoms with van der Waals surface area (Å²) in [6.45, 7) is 1.83. The van der Waals surface area contributed by atoms with Gasteiger partial charge in [0.15, 0.2) is 5.78 Å². The smallest absolute Gasteiger partial charge is 0.409 e. The standard InChI is InChI=1S/C20H16BrCl2NO4/c21-14-3-6-19(28-20(26)24-7-9-27-10-8-24)16(11-14)18(25)5-2-13-1-4-15(22)12-17(13)23/h1-6,11-12H,7-10H2. The van der Waals surface area contributed by atoms with Gasteiger partial charge in [0.1, 0.15) is 5.75 Å². The van der Waals surface area contributed by atoms with Gasteiger partial charge in [0.25, 0.3) is 0 Å². The van der Waals surface area contributed by atoms with Gasteiger partial charge in [0, 0.05) is 27.6 Å². The molecule has 8 heteroatoms. The summed E-state index contributed by atoms with van der Waals surface area (Å²) in [5.41, 5.74) is 0.915. The number of allylic oxidation sites excluding steroid dienone is 1. The van der Waals surface area contributed by atoms with Gasteiger partial charge in [-0.15, -0.1) is 0 Å². The second kappa shape index (κ2) is 9.56. The molecular weight excluding hydrogens is 469 g/mol. The fourth-order valence-electron chi connectivity index (χ4n) is 2.58. The number of benzene rings is 2. The molecule has 1 aliphatic rings. The van der Waals surface area contributed by atoms with Gasteiger partial charge in [-0.2, -0.15) is 0 Å². The molecule has 0 saturated carbocycles. The highest BCUT2D eigenvalue weighted by molar-refractivity contribution is 9.10. The molecule has 2 aromatic carbocycles. The maximum Gasteiger partial charge on any atom is 0.415 e. The zero-order valence-corrected chi connectivity index (χ0v) is 17.8. The zero-order chi connectivity index (χ0) is 20.1. The molecule has 1 heterocycles. The van der Waals surface area contributed by atoms with Crippen LogP contribution in [-0.4, -0.2) is 43.1 Å². The van der Waals surface area contributed by atoms with Crippen LogP contribution in [0.15, 0.2) is 46.9 Å². The van der Waals surface area contributed by atoms with E-state index < -0.39 is 6.09 Å². The van der Waals surface area contributed by atoms with Crippen molar-refractivity contribution in [2.75, 3.05) is 26.3 Å². The molecule has 28 heavy (non-hydrogen) atoms. The molecule has 1 aliphatic heterocycles. The maximum atomic E-state index is 12.7. The Labute approximate surface area is 180 Å². The Morgan fingerprint density at radius 1 is 1.11 bits per heavy atom. The molecule has 0 atom stereocenters. The van der Waals surface area contributed by atoms with Gasteiger partial charge >= 0.3 is 6.09 Å². The highest BCUT2D eigenvalue weighted by Crippen LogP contribution is 2.26. The van der Waals surface area contributed by atoms with E-state index in [-0.39, 0.29) is 17.1 Å². The lowest BCUT2D eigenvalue weighted by molar-refractivity contribution is 0.0415.